The van der Waals surface area contributed by atoms with Crippen LogP contribution in [0.2, 0.25) is 0 Å². The molecule has 4 heteroatoms. The van der Waals surface area contributed by atoms with Crippen LogP contribution in [0, 0.1) is 0 Å². The minimum atomic E-state index is 0.313. The third kappa shape index (κ3) is 4.55. The van der Waals surface area contributed by atoms with E-state index in [0.717, 1.165) is 44.8 Å². The van der Waals surface area contributed by atoms with Crippen LogP contribution in [0.3, 0.4) is 0 Å². The lowest BCUT2D eigenvalue weighted by Gasteiger charge is -2.28. The van der Waals surface area contributed by atoms with Gasteiger partial charge in [-0.15, -0.1) is 0 Å². The molecule has 0 bridgehead atoms. The van der Waals surface area contributed by atoms with Gasteiger partial charge in [0.05, 0.1) is 24.2 Å². The standard InChI is InChI=1S/C17H27N3O/c1-4-9-18-14(2)17-6-5-16(12-19-17)20-10-7-15(8-11-20)13-21-3/h5-7,12,14,18H,4,8-11,13H2,1-3H3. The van der Waals surface area contributed by atoms with Gasteiger partial charge in [-0.25, -0.2) is 0 Å². The summed E-state index contributed by atoms with van der Waals surface area (Å²) in [5.41, 5.74) is 3.71. The van der Waals surface area contributed by atoms with Crippen molar-refractivity contribution in [2.75, 3.05) is 38.3 Å². The number of pyridine rings is 1. The molecule has 0 radical (unpaired) electrons. The second kappa shape index (κ2) is 8.15. The van der Waals surface area contributed by atoms with Crippen LogP contribution in [0.5, 0.6) is 0 Å². The monoisotopic (exact) mass is 289 g/mol. The molecule has 1 unspecified atom stereocenters. The van der Waals surface area contributed by atoms with Crippen LogP contribution in [0.1, 0.15) is 38.4 Å². The van der Waals surface area contributed by atoms with Gasteiger partial charge in [0.2, 0.25) is 0 Å². The van der Waals surface area contributed by atoms with E-state index in [1.165, 1.54) is 11.3 Å². The molecular formula is C17H27N3O. The van der Waals surface area contributed by atoms with Crippen molar-refractivity contribution < 1.29 is 4.74 Å². The molecule has 0 spiro atoms. The molecule has 0 aromatic carbocycles. The van der Waals surface area contributed by atoms with Crippen LogP contribution >= 0.6 is 0 Å². The van der Waals surface area contributed by atoms with Crippen LogP contribution in [0.4, 0.5) is 5.69 Å². The Morgan fingerprint density at radius 2 is 2.29 bits per heavy atom. The van der Waals surface area contributed by atoms with Crippen molar-refractivity contribution in [2.45, 2.75) is 32.7 Å². The average Bonchev–Trinajstić information content (AvgIpc) is 2.54. The molecule has 1 aliphatic rings. The van der Waals surface area contributed by atoms with Crippen molar-refractivity contribution in [1.82, 2.24) is 10.3 Å². The van der Waals surface area contributed by atoms with Crippen molar-refractivity contribution in [3.63, 3.8) is 0 Å². The number of hydrogen-bond donors (Lipinski definition) is 1. The fourth-order valence-electron chi connectivity index (χ4n) is 2.57. The summed E-state index contributed by atoms with van der Waals surface area (Å²) in [5.74, 6) is 0. The molecule has 1 aromatic heterocycles. The molecule has 21 heavy (non-hydrogen) atoms. The number of aromatic nitrogens is 1. The van der Waals surface area contributed by atoms with Crippen molar-refractivity contribution in [1.29, 1.82) is 0 Å². The Labute approximate surface area is 128 Å². The first kappa shape index (κ1) is 16.0. The summed E-state index contributed by atoms with van der Waals surface area (Å²) in [6.45, 7) is 8.12. The highest BCUT2D eigenvalue weighted by atomic mass is 16.5. The normalized spacial score (nSPS) is 16.7. The third-order valence-electron chi connectivity index (χ3n) is 3.91. The molecule has 0 amide bonds. The van der Waals surface area contributed by atoms with Crippen molar-refractivity contribution in [3.05, 3.63) is 35.7 Å². The van der Waals surface area contributed by atoms with Crippen LogP contribution < -0.4 is 10.2 Å². The van der Waals surface area contributed by atoms with Gasteiger partial charge in [-0.3, -0.25) is 4.98 Å². The van der Waals surface area contributed by atoms with Crippen LogP contribution in [-0.2, 0) is 4.74 Å². The van der Waals surface area contributed by atoms with Gasteiger partial charge >= 0.3 is 0 Å². The maximum Gasteiger partial charge on any atom is 0.0674 e. The van der Waals surface area contributed by atoms with Gasteiger partial charge in [0.25, 0.3) is 0 Å². The highest BCUT2D eigenvalue weighted by molar-refractivity contribution is 5.46. The summed E-state index contributed by atoms with van der Waals surface area (Å²) in [7, 11) is 1.75. The smallest absolute Gasteiger partial charge is 0.0674 e. The van der Waals surface area contributed by atoms with E-state index in [1.807, 2.05) is 6.20 Å². The molecule has 1 aromatic rings. The number of anilines is 1. The minimum absolute atomic E-state index is 0.313. The maximum atomic E-state index is 5.19. The first-order valence-electron chi connectivity index (χ1n) is 7.85. The topological polar surface area (TPSA) is 37.4 Å². The van der Waals surface area contributed by atoms with Crippen LogP contribution in [-0.4, -0.2) is 38.3 Å². The maximum absolute atomic E-state index is 5.19. The SMILES string of the molecule is CCCNC(C)c1ccc(N2CC=C(COC)CC2)cn1. The first-order valence-corrected chi connectivity index (χ1v) is 7.85. The van der Waals surface area contributed by atoms with Gasteiger partial charge in [0.15, 0.2) is 0 Å². The molecule has 0 saturated heterocycles. The van der Waals surface area contributed by atoms with Crippen molar-refractivity contribution in [3.8, 4) is 0 Å². The van der Waals surface area contributed by atoms with E-state index in [9.17, 15) is 0 Å². The Kier molecular flexibility index (Phi) is 6.21. The Hall–Kier alpha value is -1.39. The van der Waals surface area contributed by atoms with Gasteiger partial charge in [0.1, 0.15) is 0 Å². The van der Waals surface area contributed by atoms with Gasteiger partial charge < -0.3 is 15.0 Å². The molecule has 1 N–H and O–H groups in total. The molecule has 2 heterocycles. The van der Waals surface area contributed by atoms with E-state index in [-0.39, 0.29) is 0 Å². The largest absolute Gasteiger partial charge is 0.380 e. The first-order chi connectivity index (χ1) is 10.2. The highest BCUT2D eigenvalue weighted by Gasteiger charge is 2.13. The molecule has 116 valence electrons. The van der Waals surface area contributed by atoms with Crippen LogP contribution in [0.25, 0.3) is 0 Å². The zero-order chi connectivity index (χ0) is 15.1. The minimum Gasteiger partial charge on any atom is -0.380 e. The number of rotatable bonds is 7. The number of methoxy groups -OCH3 is 1. The Morgan fingerprint density at radius 3 is 2.86 bits per heavy atom. The van der Waals surface area contributed by atoms with Crippen molar-refractivity contribution >= 4 is 5.69 Å². The van der Waals surface area contributed by atoms with Crippen molar-refractivity contribution in [2.24, 2.45) is 0 Å². The Morgan fingerprint density at radius 1 is 1.43 bits per heavy atom. The summed E-state index contributed by atoms with van der Waals surface area (Å²) in [6, 6.07) is 4.63. The van der Waals surface area contributed by atoms with Gasteiger partial charge in [-0.2, -0.15) is 0 Å². The van der Waals surface area contributed by atoms with E-state index in [1.54, 1.807) is 7.11 Å². The quantitative estimate of drug-likeness (QED) is 0.783. The zero-order valence-electron chi connectivity index (χ0n) is 13.4. The Bertz CT molecular complexity index is 456. The van der Waals surface area contributed by atoms with Crippen LogP contribution in [0.15, 0.2) is 30.0 Å². The van der Waals surface area contributed by atoms with E-state index >= 15 is 0 Å². The van der Waals surface area contributed by atoms with E-state index < -0.39 is 0 Å². The lowest BCUT2D eigenvalue weighted by molar-refractivity contribution is 0.222. The average molecular weight is 289 g/mol. The zero-order valence-corrected chi connectivity index (χ0v) is 13.4. The molecule has 0 aliphatic carbocycles. The predicted molar refractivity (Wildman–Crippen MR) is 87.7 cm³/mol. The highest BCUT2D eigenvalue weighted by Crippen LogP contribution is 2.20. The van der Waals surface area contributed by atoms with E-state index in [4.69, 9.17) is 4.74 Å². The number of nitrogens with one attached hydrogen (secondary N) is 1. The van der Waals surface area contributed by atoms with E-state index in [2.05, 4.69) is 47.3 Å². The molecule has 1 aliphatic heterocycles. The number of nitrogens with zero attached hydrogens (tertiary/aromatic N) is 2. The van der Waals surface area contributed by atoms with Gasteiger partial charge in [0, 0.05) is 26.2 Å². The molecule has 0 saturated carbocycles. The lowest BCUT2D eigenvalue weighted by atomic mass is 10.1. The lowest BCUT2D eigenvalue weighted by Crippen LogP contribution is -2.29. The second-order valence-corrected chi connectivity index (χ2v) is 5.61. The molecule has 4 nitrogen and oxygen atoms in total. The summed E-state index contributed by atoms with van der Waals surface area (Å²) < 4.78 is 5.19. The molecular weight excluding hydrogens is 262 g/mol. The predicted octanol–water partition coefficient (Wildman–Crippen LogP) is 2.93. The number of ether oxygens (including phenoxy) is 1. The summed E-state index contributed by atoms with van der Waals surface area (Å²) in [4.78, 5) is 6.97. The van der Waals surface area contributed by atoms with E-state index in [0.29, 0.717) is 6.04 Å². The van der Waals surface area contributed by atoms with Gasteiger partial charge in [-0.05, 0) is 44.0 Å². The van der Waals surface area contributed by atoms with Gasteiger partial charge in [-0.1, -0.05) is 13.0 Å². The third-order valence-corrected chi connectivity index (χ3v) is 3.91. The molecule has 2 rings (SSSR count). The fourth-order valence-corrected chi connectivity index (χ4v) is 2.57. The summed E-state index contributed by atoms with van der Waals surface area (Å²) in [5, 5.41) is 3.47. The Balaban J connectivity index is 1.93. The number of hydrogen-bond acceptors (Lipinski definition) is 4. The second-order valence-electron chi connectivity index (χ2n) is 5.61. The molecule has 0 fully saturated rings. The summed E-state index contributed by atoms with van der Waals surface area (Å²) in [6.07, 6.45) is 6.48. The summed E-state index contributed by atoms with van der Waals surface area (Å²) >= 11 is 0. The molecule has 1 atom stereocenters. The fraction of sp³-hybridized carbons (Fsp3) is 0.588.